The van der Waals surface area contributed by atoms with Crippen LogP contribution in [-0.2, 0) is 4.74 Å². The molecule has 0 saturated carbocycles. The average Bonchev–Trinajstić information content (AvgIpc) is 2.90. The van der Waals surface area contributed by atoms with Crippen LogP contribution in [0, 0.1) is 6.92 Å². The van der Waals surface area contributed by atoms with E-state index in [4.69, 9.17) is 22.1 Å². The number of nitrogens with two attached hydrogens (primary N) is 1. The Kier molecular flexibility index (Phi) is 3.92. The molecule has 0 atom stereocenters. The molecule has 1 aromatic carbocycles. The van der Waals surface area contributed by atoms with Gasteiger partial charge in [-0.1, -0.05) is 11.6 Å². The van der Waals surface area contributed by atoms with Crippen molar-refractivity contribution in [3.8, 4) is 5.82 Å². The molecule has 0 bridgehead atoms. The summed E-state index contributed by atoms with van der Waals surface area (Å²) in [6.07, 6.45) is 1.39. The number of esters is 1. The summed E-state index contributed by atoms with van der Waals surface area (Å²) in [6, 6.07) is 7.31. The van der Waals surface area contributed by atoms with Gasteiger partial charge in [0.1, 0.15) is 11.4 Å². The number of aromatic nitrogens is 3. The number of ether oxygens (including phenoxy) is 1. The summed E-state index contributed by atoms with van der Waals surface area (Å²) in [5, 5.41) is 5.76. The molecule has 118 valence electrons. The molecule has 0 radical (unpaired) electrons. The first-order valence-corrected chi connectivity index (χ1v) is 7.47. The van der Waals surface area contributed by atoms with E-state index in [0.717, 1.165) is 16.5 Å². The van der Waals surface area contributed by atoms with Crippen molar-refractivity contribution in [3.63, 3.8) is 0 Å². The maximum Gasteiger partial charge on any atom is 0.343 e. The molecule has 0 unspecified atom stereocenters. The number of anilines is 1. The lowest BCUT2D eigenvalue weighted by atomic mass is 10.1. The van der Waals surface area contributed by atoms with Crippen molar-refractivity contribution in [2.24, 2.45) is 0 Å². The lowest BCUT2D eigenvalue weighted by molar-refractivity contribution is 0.0527. The van der Waals surface area contributed by atoms with Crippen molar-refractivity contribution in [1.82, 2.24) is 14.8 Å². The van der Waals surface area contributed by atoms with E-state index < -0.39 is 5.97 Å². The summed E-state index contributed by atoms with van der Waals surface area (Å²) >= 11 is 6.02. The van der Waals surface area contributed by atoms with E-state index in [9.17, 15) is 4.79 Å². The van der Waals surface area contributed by atoms with Crippen molar-refractivity contribution in [1.29, 1.82) is 0 Å². The summed E-state index contributed by atoms with van der Waals surface area (Å²) in [5.41, 5.74) is 8.01. The number of nitrogen functional groups attached to an aromatic ring is 1. The number of fused-ring (bicyclic) bond motifs is 1. The summed E-state index contributed by atoms with van der Waals surface area (Å²) in [4.78, 5) is 16.4. The summed E-state index contributed by atoms with van der Waals surface area (Å²) in [7, 11) is 0. The van der Waals surface area contributed by atoms with E-state index in [2.05, 4.69) is 10.1 Å². The predicted molar refractivity (Wildman–Crippen MR) is 89.0 cm³/mol. The Hall–Kier alpha value is -2.60. The van der Waals surface area contributed by atoms with Crippen molar-refractivity contribution >= 4 is 34.3 Å². The van der Waals surface area contributed by atoms with Crippen LogP contribution in [0.1, 0.15) is 22.8 Å². The van der Waals surface area contributed by atoms with E-state index in [-0.39, 0.29) is 18.0 Å². The van der Waals surface area contributed by atoms with E-state index in [0.29, 0.717) is 10.8 Å². The molecule has 7 heteroatoms. The molecule has 0 aliphatic rings. The topological polar surface area (TPSA) is 83.0 Å². The first kappa shape index (κ1) is 15.3. The van der Waals surface area contributed by atoms with Crippen LogP contribution in [-0.4, -0.2) is 27.3 Å². The van der Waals surface area contributed by atoms with Crippen LogP contribution in [0.5, 0.6) is 0 Å². The Morgan fingerprint density at radius 3 is 2.91 bits per heavy atom. The monoisotopic (exact) mass is 330 g/mol. The number of benzene rings is 1. The lowest BCUT2D eigenvalue weighted by Crippen LogP contribution is -2.10. The van der Waals surface area contributed by atoms with Gasteiger partial charge < -0.3 is 10.5 Å². The molecular weight excluding hydrogens is 316 g/mol. The number of halogens is 1. The van der Waals surface area contributed by atoms with Gasteiger partial charge in [-0.25, -0.2) is 9.78 Å². The molecule has 0 aliphatic carbocycles. The van der Waals surface area contributed by atoms with Gasteiger partial charge in [-0.05, 0) is 43.7 Å². The first-order chi connectivity index (χ1) is 11.0. The zero-order chi connectivity index (χ0) is 16.6. The van der Waals surface area contributed by atoms with Gasteiger partial charge in [-0.15, -0.1) is 0 Å². The maximum absolute atomic E-state index is 11.8. The van der Waals surface area contributed by atoms with Gasteiger partial charge in [0.2, 0.25) is 0 Å². The fourth-order valence-electron chi connectivity index (χ4n) is 2.36. The van der Waals surface area contributed by atoms with Crippen LogP contribution in [0.25, 0.3) is 16.7 Å². The number of hydrogen-bond acceptors (Lipinski definition) is 5. The third-order valence-electron chi connectivity index (χ3n) is 3.48. The summed E-state index contributed by atoms with van der Waals surface area (Å²) < 4.78 is 6.38. The molecule has 3 aromatic rings. The molecule has 0 saturated heterocycles. The number of rotatable bonds is 3. The average molecular weight is 331 g/mol. The number of pyridine rings is 1. The molecule has 6 nitrogen and oxygen atoms in total. The van der Waals surface area contributed by atoms with Gasteiger partial charge in [0.25, 0.3) is 0 Å². The minimum absolute atomic E-state index is 0.198. The van der Waals surface area contributed by atoms with Crippen molar-refractivity contribution in [2.45, 2.75) is 13.8 Å². The van der Waals surface area contributed by atoms with Gasteiger partial charge in [-0.3, -0.25) is 0 Å². The third kappa shape index (κ3) is 2.73. The Morgan fingerprint density at radius 1 is 1.39 bits per heavy atom. The second-order valence-corrected chi connectivity index (χ2v) is 5.47. The lowest BCUT2D eigenvalue weighted by Gasteiger charge is -2.08. The smallest absolute Gasteiger partial charge is 0.343 e. The van der Waals surface area contributed by atoms with Crippen LogP contribution >= 0.6 is 11.6 Å². The Balaban J connectivity index is 2.11. The SMILES string of the molecule is CCOC(=O)c1cnn(-c2cc(C)c3cc(Cl)ccc3n2)c1N. The largest absolute Gasteiger partial charge is 0.462 e. The predicted octanol–water partition coefficient (Wildman–Crippen LogP) is 3.14. The number of carbonyl (C=O) groups excluding carboxylic acids is 1. The molecule has 0 spiro atoms. The standard InChI is InChI=1S/C16H15ClN4O2/c1-3-23-16(22)12-8-19-21(15(12)18)14-6-9(2)11-7-10(17)4-5-13(11)20-14/h4-8H,3,18H2,1-2H3. The molecule has 0 aliphatic heterocycles. The van der Waals surface area contributed by atoms with E-state index >= 15 is 0 Å². The maximum atomic E-state index is 11.8. The molecule has 0 fully saturated rings. The van der Waals surface area contributed by atoms with Crippen LogP contribution in [0.15, 0.2) is 30.5 Å². The fraction of sp³-hybridized carbons (Fsp3) is 0.188. The highest BCUT2D eigenvalue weighted by Gasteiger charge is 2.18. The molecule has 23 heavy (non-hydrogen) atoms. The molecule has 2 heterocycles. The summed E-state index contributed by atoms with van der Waals surface area (Å²) in [6.45, 7) is 3.96. The van der Waals surface area contributed by atoms with Gasteiger partial charge in [0.05, 0.1) is 18.3 Å². The third-order valence-corrected chi connectivity index (χ3v) is 3.72. The number of nitrogens with zero attached hydrogens (tertiary/aromatic N) is 3. The molecule has 3 rings (SSSR count). The normalized spacial score (nSPS) is 10.9. The highest BCUT2D eigenvalue weighted by molar-refractivity contribution is 6.31. The first-order valence-electron chi connectivity index (χ1n) is 7.09. The van der Waals surface area contributed by atoms with Gasteiger partial charge >= 0.3 is 5.97 Å². The second kappa shape index (κ2) is 5.89. The quantitative estimate of drug-likeness (QED) is 0.746. The van der Waals surface area contributed by atoms with E-state index in [1.165, 1.54) is 10.9 Å². The molecule has 2 N–H and O–H groups in total. The van der Waals surface area contributed by atoms with Crippen LogP contribution in [0.2, 0.25) is 5.02 Å². The Morgan fingerprint density at radius 2 is 2.17 bits per heavy atom. The minimum atomic E-state index is -0.499. The molecule has 0 amide bonds. The highest BCUT2D eigenvalue weighted by Crippen LogP contribution is 2.25. The van der Waals surface area contributed by atoms with Gasteiger partial charge in [0, 0.05) is 10.4 Å². The van der Waals surface area contributed by atoms with Crippen LogP contribution in [0.3, 0.4) is 0 Å². The molecule has 2 aromatic heterocycles. The van der Waals surface area contributed by atoms with Crippen molar-refractivity contribution < 1.29 is 9.53 Å². The second-order valence-electron chi connectivity index (χ2n) is 5.03. The number of hydrogen-bond donors (Lipinski definition) is 1. The van der Waals surface area contributed by atoms with E-state index in [1.54, 1.807) is 13.0 Å². The van der Waals surface area contributed by atoms with Gasteiger partial charge in [0.15, 0.2) is 5.82 Å². The van der Waals surface area contributed by atoms with Crippen molar-refractivity contribution in [2.75, 3.05) is 12.3 Å². The number of aryl methyl sites for hydroxylation is 1. The zero-order valence-corrected chi connectivity index (χ0v) is 13.5. The minimum Gasteiger partial charge on any atom is -0.462 e. The number of carbonyl (C=O) groups is 1. The fourth-order valence-corrected chi connectivity index (χ4v) is 2.54. The van der Waals surface area contributed by atoms with E-state index in [1.807, 2.05) is 25.1 Å². The summed E-state index contributed by atoms with van der Waals surface area (Å²) in [5.74, 6) is 0.231. The Labute approximate surface area is 137 Å². The highest BCUT2D eigenvalue weighted by atomic mass is 35.5. The van der Waals surface area contributed by atoms with Crippen LogP contribution < -0.4 is 5.73 Å². The van der Waals surface area contributed by atoms with Crippen LogP contribution in [0.4, 0.5) is 5.82 Å². The van der Waals surface area contributed by atoms with Crippen molar-refractivity contribution in [3.05, 3.63) is 46.6 Å². The molecular formula is C16H15ClN4O2. The Bertz CT molecular complexity index is 904. The zero-order valence-electron chi connectivity index (χ0n) is 12.7. The van der Waals surface area contributed by atoms with Gasteiger partial charge in [-0.2, -0.15) is 9.78 Å².